The molecule has 0 saturated heterocycles. The molecule has 2 rings (SSSR count). The lowest BCUT2D eigenvalue weighted by atomic mass is 10.0. The van der Waals surface area contributed by atoms with Crippen LogP contribution in [0.1, 0.15) is 32.3 Å². The van der Waals surface area contributed by atoms with Crippen molar-refractivity contribution >= 4 is 6.03 Å². The largest absolute Gasteiger partial charge is 0.396 e. The second kappa shape index (κ2) is 7.46. The fourth-order valence-corrected chi connectivity index (χ4v) is 2.42. The SMILES string of the molecule is CC(CO)C(C)NC(=O)NC(Cc1ccccc1)C1CC1. The second-order valence-electron chi connectivity index (χ2n) is 6.20. The molecule has 0 bridgehead atoms. The number of aliphatic hydroxyl groups excluding tert-OH is 1. The van der Waals surface area contributed by atoms with E-state index in [0.717, 1.165) is 6.42 Å². The summed E-state index contributed by atoms with van der Waals surface area (Å²) in [5, 5.41) is 15.1. The number of benzene rings is 1. The van der Waals surface area contributed by atoms with E-state index in [4.69, 9.17) is 5.11 Å². The molecule has 3 atom stereocenters. The van der Waals surface area contributed by atoms with Crippen LogP contribution in [-0.2, 0) is 6.42 Å². The number of hydrogen-bond donors (Lipinski definition) is 3. The van der Waals surface area contributed by atoms with Crippen LogP contribution in [-0.4, -0.2) is 29.8 Å². The van der Waals surface area contributed by atoms with E-state index < -0.39 is 0 Å². The predicted molar refractivity (Wildman–Crippen MR) is 84.0 cm³/mol. The molecule has 4 heteroatoms. The van der Waals surface area contributed by atoms with E-state index in [1.807, 2.05) is 32.0 Å². The number of urea groups is 1. The zero-order valence-corrected chi connectivity index (χ0v) is 12.9. The van der Waals surface area contributed by atoms with E-state index in [1.165, 1.54) is 18.4 Å². The Morgan fingerprint density at radius 3 is 2.48 bits per heavy atom. The zero-order chi connectivity index (χ0) is 15.2. The van der Waals surface area contributed by atoms with Crippen LogP contribution >= 0.6 is 0 Å². The maximum absolute atomic E-state index is 12.1. The minimum Gasteiger partial charge on any atom is -0.396 e. The van der Waals surface area contributed by atoms with Crippen molar-refractivity contribution in [1.82, 2.24) is 10.6 Å². The van der Waals surface area contributed by atoms with E-state index in [9.17, 15) is 4.79 Å². The predicted octanol–water partition coefficient (Wildman–Crippen LogP) is 2.32. The number of carbonyl (C=O) groups excluding carboxylic acids is 1. The van der Waals surface area contributed by atoms with Crippen LogP contribution in [0.3, 0.4) is 0 Å². The first-order chi connectivity index (χ1) is 10.1. The molecule has 2 amide bonds. The lowest BCUT2D eigenvalue weighted by Crippen LogP contribution is -2.49. The molecule has 3 unspecified atom stereocenters. The molecule has 0 spiro atoms. The summed E-state index contributed by atoms with van der Waals surface area (Å²) in [6.07, 6.45) is 3.27. The standard InChI is InChI=1S/C17H26N2O2/c1-12(11-20)13(2)18-17(21)19-16(15-8-9-15)10-14-6-4-3-5-7-14/h3-7,12-13,15-16,20H,8-11H2,1-2H3,(H2,18,19,21). The van der Waals surface area contributed by atoms with Crippen LogP contribution in [0, 0.1) is 11.8 Å². The molecule has 116 valence electrons. The summed E-state index contributed by atoms with van der Waals surface area (Å²) in [7, 11) is 0. The molecular formula is C17H26N2O2. The quantitative estimate of drug-likeness (QED) is 0.722. The molecule has 1 aromatic carbocycles. The highest BCUT2D eigenvalue weighted by Crippen LogP contribution is 2.34. The van der Waals surface area contributed by atoms with E-state index in [0.29, 0.717) is 5.92 Å². The molecule has 1 fully saturated rings. The van der Waals surface area contributed by atoms with Gasteiger partial charge < -0.3 is 15.7 Å². The van der Waals surface area contributed by atoms with Crippen LogP contribution in [0.15, 0.2) is 30.3 Å². The normalized spacial score (nSPS) is 18.6. The average Bonchev–Trinajstić information content (AvgIpc) is 3.31. The zero-order valence-electron chi connectivity index (χ0n) is 12.9. The Balaban J connectivity index is 1.86. The maximum atomic E-state index is 12.1. The molecule has 0 heterocycles. The van der Waals surface area contributed by atoms with Gasteiger partial charge in [-0.25, -0.2) is 4.79 Å². The molecule has 1 aliphatic carbocycles. The first-order valence-electron chi connectivity index (χ1n) is 7.82. The number of carbonyl (C=O) groups is 1. The summed E-state index contributed by atoms with van der Waals surface area (Å²) in [4.78, 5) is 12.1. The van der Waals surface area contributed by atoms with Gasteiger partial charge in [-0.05, 0) is 43.6 Å². The number of hydrogen-bond acceptors (Lipinski definition) is 2. The van der Waals surface area contributed by atoms with Gasteiger partial charge in [-0.3, -0.25) is 0 Å². The van der Waals surface area contributed by atoms with Crippen molar-refractivity contribution in [3.63, 3.8) is 0 Å². The minimum atomic E-state index is -0.129. The number of amides is 2. The maximum Gasteiger partial charge on any atom is 0.315 e. The van der Waals surface area contributed by atoms with Crippen molar-refractivity contribution in [2.45, 2.75) is 45.2 Å². The lowest BCUT2D eigenvalue weighted by molar-refractivity contribution is 0.198. The van der Waals surface area contributed by atoms with Gasteiger partial charge in [-0.15, -0.1) is 0 Å². The lowest BCUT2D eigenvalue weighted by Gasteiger charge is -2.23. The van der Waals surface area contributed by atoms with Gasteiger partial charge in [0.2, 0.25) is 0 Å². The molecule has 1 aromatic rings. The molecular weight excluding hydrogens is 264 g/mol. The summed E-state index contributed by atoms with van der Waals surface area (Å²) in [6, 6.07) is 10.3. The number of nitrogens with one attached hydrogen (secondary N) is 2. The molecule has 4 nitrogen and oxygen atoms in total. The Labute approximate surface area is 126 Å². The summed E-state index contributed by atoms with van der Waals surface area (Å²) in [5.74, 6) is 0.658. The Kier molecular flexibility index (Phi) is 5.62. The fraction of sp³-hybridized carbons (Fsp3) is 0.588. The molecule has 0 radical (unpaired) electrons. The molecule has 3 N–H and O–H groups in total. The van der Waals surface area contributed by atoms with Crippen molar-refractivity contribution in [1.29, 1.82) is 0 Å². The third-order valence-corrected chi connectivity index (χ3v) is 4.31. The Morgan fingerprint density at radius 2 is 1.90 bits per heavy atom. The minimum absolute atomic E-state index is 0.0356. The van der Waals surface area contributed by atoms with Crippen LogP contribution in [0.4, 0.5) is 4.79 Å². The van der Waals surface area contributed by atoms with Crippen molar-refractivity contribution < 1.29 is 9.90 Å². The first kappa shape index (κ1) is 15.8. The number of rotatable bonds is 7. The van der Waals surface area contributed by atoms with Gasteiger partial charge in [-0.2, -0.15) is 0 Å². The van der Waals surface area contributed by atoms with Crippen molar-refractivity contribution in [2.24, 2.45) is 11.8 Å². The van der Waals surface area contributed by atoms with Crippen molar-refractivity contribution in [2.75, 3.05) is 6.61 Å². The second-order valence-corrected chi connectivity index (χ2v) is 6.20. The fourth-order valence-electron chi connectivity index (χ4n) is 2.42. The number of aliphatic hydroxyl groups is 1. The highest BCUT2D eigenvalue weighted by molar-refractivity contribution is 5.74. The van der Waals surface area contributed by atoms with Gasteiger partial charge in [0.15, 0.2) is 0 Å². The Morgan fingerprint density at radius 1 is 1.24 bits per heavy atom. The highest BCUT2D eigenvalue weighted by Gasteiger charge is 2.32. The van der Waals surface area contributed by atoms with E-state index >= 15 is 0 Å². The summed E-state index contributed by atoms with van der Waals surface area (Å²) < 4.78 is 0. The Bertz CT molecular complexity index is 445. The van der Waals surface area contributed by atoms with Crippen molar-refractivity contribution in [3.8, 4) is 0 Å². The van der Waals surface area contributed by atoms with Gasteiger partial charge >= 0.3 is 6.03 Å². The molecule has 1 saturated carbocycles. The Hall–Kier alpha value is -1.55. The summed E-state index contributed by atoms with van der Waals surface area (Å²) in [6.45, 7) is 3.93. The molecule has 0 aliphatic heterocycles. The topological polar surface area (TPSA) is 61.4 Å². The first-order valence-corrected chi connectivity index (χ1v) is 7.82. The van der Waals surface area contributed by atoms with Gasteiger partial charge in [0.25, 0.3) is 0 Å². The van der Waals surface area contributed by atoms with Gasteiger partial charge in [0.1, 0.15) is 0 Å². The van der Waals surface area contributed by atoms with Crippen LogP contribution in [0.25, 0.3) is 0 Å². The highest BCUT2D eigenvalue weighted by atomic mass is 16.3. The summed E-state index contributed by atoms with van der Waals surface area (Å²) >= 11 is 0. The molecule has 1 aliphatic rings. The van der Waals surface area contributed by atoms with E-state index in [-0.39, 0.29) is 30.6 Å². The van der Waals surface area contributed by atoms with Crippen LogP contribution in [0.2, 0.25) is 0 Å². The third kappa shape index (κ3) is 5.05. The van der Waals surface area contributed by atoms with Crippen LogP contribution in [0.5, 0.6) is 0 Å². The van der Waals surface area contributed by atoms with E-state index in [2.05, 4.69) is 22.8 Å². The third-order valence-electron chi connectivity index (χ3n) is 4.31. The average molecular weight is 290 g/mol. The summed E-state index contributed by atoms with van der Waals surface area (Å²) in [5.41, 5.74) is 1.26. The smallest absolute Gasteiger partial charge is 0.315 e. The van der Waals surface area contributed by atoms with Gasteiger partial charge in [-0.1, -0.05) is 37.3 Å². The van der Waals surface area contributed by atoms with Crippen molar-refractivity contribution in [3.05, 3.63) is 35.9 Å². The molecule has 0 aromatic heterocycles. The molecule has 21 heavy (non-hydrogen) atoms. The van der Waals surface area contributed by atoms with Gasteiger partial charge in [0, 0.05) is 18.7 Å². The van der Waals surface area contributed by atoms with Crippen LogP contribution < -0.4 is 10.6 Å². The van der Waals surface area contributed by atoms with Gasteiger partial charge in [0.05, 0.1) is 0 Å². The van der Waals surface area contributed by atoms with E-state index in [1.54, 1.807) is 0 Å². The monoisotopic (exact) mass is 290 g/mol.